The molecule has 4 N–H and O–H groups in total. The molecule has 0 bridgehead atoms. The molecule has 0 saturated heterocycles. The Balaban J connectivity index is 1.72. The van der Waals surface area contributed by atoms with Crippen LogP contribution in [0.3, 0.4) is 0 Å². The fourth-order valence-electron chi connectivity index (χ4n) is 2.83. The number of hydrogen-bond acceptors (Lipinski definition) is 10. The Hall–Kier alpha value is -2.20. The molecule has 13 nitrogen and oxygen atoms in total. The fraction of sp³-hybridized carbons (Fsp3) is 0.667. The molecule has 0 spiro atoms. The van der Waals surface area contributed by atoms with Gasteiger partial charge in [0, 0.05) is 59.0 Å². The number of likely N-dealkylation sites (N-methyl/N-ethyl adjacent to an activating group) is 1. The van der Waals surface area contributed by atoms with E-state index in [2.05, 4.69) is 30.2 Å². The Morgan fingerprint density at radius 3 is 2.42 bits per heavy atom. The summed E-state index contributed by atoms with van der Waals surface area (Å²) in [6, 6.07) is 0. The van der Waals surface area contributed by atoms with Crippen molar-refractivity contribution in [2.24, 2.45) is 14.1 Å². The molecule has 186 valence electrons. The number of rotatable bonds is 14. The maximum Gasteiger partial charge on any atom is 0.332 e. The molecule has 0 saturated carbocycles. The number of fused-ring (bicyclic) bond motifs is 1. The third-order valence-corrected chi connectivity index (χ3v) is 6.83. The molecule has 2 aromatic rings. The number of carbonyl (C=O) groups is 1. The molecule has 33 heavy (non-hydrogen) atoms. The lowest BCUT2D eigenvalue weighted by Crippen LogP contribution is -2.38. The highest BCUT2D eigenvalue weighted by Gasteiger charge is 2.16. The first-order chi connectivity index (χ1) is 15.5. The molecular weight excluding hydrogens is 472 g/mol. The first-order valence-corrected chi connectivity index (χ1v) is 13.0. The second-order valence-electron chi connectivity index (χ2n) is 7.69. The molecule has 2 rings (SSSR count). The topological polar surface area (TPSA) is 163 Å². The maximum atomic E-state index is 12.2. The van der Waals surface area contributed by atoms with Gasteiger partial charge in [0.15, 0.2) is 16.3 Å². The van der Waals surface area contributed by atoms with Crippen LogP contribution in [-0.2, 0) is 28.9 Å². The van der Waals surface area contributed by atoms with Crippen molar-refractivity contribution in [2.45, 2.75) is 11.6 Å². The number of carbonyl (C=O) groups excluding carboxylic acids is 1. The van der Waals surface area contributed by atoms with Crippen LogP contribution in [0.1, 0.15) is 6.42 Å². The summed E-state index contributed by atoms with van der Waals surface area (Å²) in [5, 5.41) is 6.62. The van der Waals surface area contributed by atoms with Crippen LogP contribution in [0.2, 0.25) is 0 Å². The number of aryl methyl sites for hydroxylation is 1. The molecule has 0 aliphatic carbocycles. The summed E-state index contributed by atoms with van der Waals surface area (Å²) < 4.78 is 28.4. The molecular formula is C18H32N8O5S2. The Labute approximate surface area is 196 Å². The van der Waals surface area contributed by atoms with E-state index in [0.29, 0.717) is 11.7 Å². The van der Waals surface area contributed by atoms with Crippen molar-refractivity contribution in [3.63, 3.8) is 0 Å². The van der Waals surface area contributed by atoms with E-state index in [0.717, 1.165) is 36.0 Å². The Bertz CT molecular complexity index is 1170. The lowest BCUT2D eigenvalue weighted by Gasteiger charge is -2.11. The first kappa shape index (κ1) is 27.0. The van der Waals surface area contributed by atoms with Gasteiger partial charge in [-0.3, -0.25) is 23.4 Å². The predicted octanol–water partition coefficient (Wildman–Crippen LogP) is -2.37. The number of H-pyrrole nitrogens is 1. The van der Waals surface area contributed by atoms with Gasteiger partial charge >= 0.3 is 5.69 Å². The summed E-state index contributed by atoms with van der Waals surface area (Å²) in [5.41, 5.74) is -0.572. The van der Waals surface area contributed by atoms with Crippen molar-refractivity contribution in [1.82, 2.24) is 39.4 Å². The van der Waals surface area contributed by atoms with Crippen LogP contribution in [-0.4, -0.2) is 96.7 Å². The van der Waals surface area contributed by atoms with Crippen molar-refractivity contribution in [2.75, 3.05) is 58.3 Å². The second kappa shape index (κ2) is 12.3. The minimum absolute atomic E-state index is 0.0545. The van der Waals surface area contributed by atoms with Crippen LogP contribution in [0, 0.1) is 0 Å². The van der Waals surface area contributed by atoms with Gasteiger partial charge in [-0.15, -0.1) is 0 Å². The summed E-state index contributed by atoms with van der Waals surface area (Å²) in [6.07, 6.45) is -0.0545. The number of nitrogens with one attached hydrogen (secondary N) is 4. The third-order valence-electron chi connectivity index (χ3n) is 4.67. The number of amides is 1. The highest BCUT2D eigenvalue weighted by molar-refractivity contribution is 7.99. The third kappa shape index (κ3) is 8.26. The van der Waals surface area contributed by atoms with Crippen LogP contribution in [0.15, 0.2) is 14.7 Å². The SMILES string of the molecule is CN(C)CCNCCNCCS(=O)(=O)NC(=O)CCSc1nc2c([nH]1)c(=O)n(C)c(=O)n2C. The van der Waals surface area contributed by atoms with Gasteiger partial charge in [-0.25, -0.2) is 18.2 Å². The number of aromatic amines is 1. The lowest BCUT2D eigenvalue weighted by atomic mass is 10.5. The van der Waals surface area contributed by atoms with Crippen LogP contribution in [0.25, 0.3) is 11.2 Å². The standard InChI is InChI=1S/C18H32N8O5S2/c1-24(2)10-8-19-6-7-20-9-12-33(30,31)23-13(27)5-11-32-17-21-14-15(22-17)25(3)18(29)26(4)16(14)28/h19-20H,5-12H2,1-4H3,(H,21,22)(H,23,27). The van der Waals surface area contributed by atoms with Gasteiger partial charge in [0.05, 0.1) is 5.75 Å². The number of aromatic nitrogens is 4. The summed E-state index contributed by atoms with van der Waals surface area (Å²) in [6.45, 7) is 3.36. The molecule has 0 aliphatic rings. The van der Waals surface area contributed by atoms with E-state index in [1.165, 1.54) is 18.7 Å². The molecule has 0 radical (unpaired) electrons. The summed E-state index contributed by atoms with van der Waals surface area (Å²) in [7, 11) is 3.14. The predicted molar refractivity (Wildman–Crippen MR) is 128 cm³/mol. The average Bonchev–Trinajstić information content (AvgIpc) is 3.16. The van der Waals surface area contributed by atoms with Gasteiger partial charge in [-0.1, -0.05) is 11.8 Å². The van der Waals surface area contributed by atoms with Crippen LogP contribution in [0.5, 0.6) is 0 Å². The normalized spacial score (nSPS) is 12.0. The largest absolute Gasteiger partial charge is 0.332 e. The Morgan fingerprint density at radius 1 is 1.09 bits per heavy atom. The smallest absolute Gasteiger partial charge is 0.327 e. The van der Waals surface area contributed by atoms with Gasteiger partial charge in [0.1, 0.15) is 0 Å². The van der Waals surface area contributed by atoms with E-state index < -0.39 is 27.2 Å². The van der Waals surface area contributed by atoms with Crippen molar-refractivity contribution >= 4 is 38.9 Å². The molecule has 0 unspecified atom stereocenters. The number of imidazole rings is 1. The van der Waals surface area contributed by atoms with E-state index in [4.69, 9.17) is 0 Å². The zero-order chi connectivity index (χ0) is 24.6. The number of sulfonamides is 1. The van der Waals surface area contributed by atoms with Gasteiger partial charge in [-0.05, 0) is 14.1 Å². The molecule has 1 amide bonds. The van der Waals surface area contributed by atoms with Gasteiger partial charge in [-0.2, -0.15) is 0 Å². The van der Waals surface area contributed by atoms with Crippen LogP contribution < -0.4 is 26.6 Å². The minimum atomic E-state index is -3.73. The van der Waals surface area contributed by atoms with Crippen molar-refractivity contribution in [3.8, 4) is 0 Å². The highest BCUT2D eigenvalue weighted by atomic mass is 32.2. The monoisotopic (exact) mass is 504 g/mol. The molecule has 0 aliphatic heterocycles. The highest BCUT2D eigenvalue weighted by Crippen LogP contribution is 2.17. The van der Waals surface area contributed by atoms with Crippen LogP contribution >= 0.6 is 11.8 Å². The Morgan fingerprint density at radius 2 is 1.76 bits per heavy atom. The van der Waals surface area contributed by atoms with E-state index in [1.807, 2.05) is 14.1 Å². The van der Waals surface area contributed by atoms with Crippen molar-refractivity contribution < 1.29 is 13.2 Å². The van der Waals surface area contributed by atoms with Crippen LogP contribution in [0.4, 0.5) is 0 Å². The quantitative estimate of drug-likeness (QED) is 0.161. The maximum absolute atomic E-state index is 12.2. The zero-order valence-electron chi connectivity index (χ0n) is 19.3. The van der Waals surface area contributed by atoms with Crippen molar-refractivity contribution in [1.29, 1.82) is 0 Å². The molecule has 2 heterocycles. The summed E-state index contributed by atoms with van der Waals surface area (Å²) >= 11 is 1.15. The molecule has 2 aromatic heterocycles. The molecule has 0 atom stereocenters. The number of thioether (sulfide) groups is 1. The van der Waals surface area contributed by atoms with E-state index in [1.54, 1.807) is 0 Å². The Kier molecular flexibility index (Phi) is 10.1. The molecule has 0 aromatic carbocycles. The van der Waals surface area contributed by atoms with E-state index in [9.17, 15) is 22.8 Å². The van der Waals surface area contributed by atoms with E-state index in [-0.39, 0.29) is 35.6 Å². The van der Waals surface area contributed by atoms with Gasteiger partial charge in [0.25, 0.3) is 5.56 Å². The zero-order valence-corrected chi connectivity index (χ0v) is 20.9. The molecule has 15 heteroatoms. The summed E-state index contributed by atoms with van der Waals surface area (Å²) in [4.78, 5) is 45.3. The first-order valence-electron chi connectivity index (χ1n) is 10.4. The summed E-state index contributed by atoms with van der Waals surface area (Å²) in [5.74, 6) is -0.580. The van der Waals surface area contributed by atoms with Gasteiger partial charge < -0.3 is 20.5 Å². The van der Waals surface area contributed by atoms with Crippen molar-refractivity contribution in [3.05, 3.63) is 20.8 Å². The lowest BCUT2D eigenvalue weighted by molar-refractivity contribution is -0.118. The number of hydrogen-bond donors (Lipinski definition) is 4. The minimum Gasteiger partial charge on any atom is -0.327 e. The van der Waals surface area contributed by atoms with Gasteiger partial charge in [0.2, 0.25) is 15.9 Å². The second-order valence-corrected chi connectivity index (χ2v) is 10.6. The number of nitrogens with zero attached hydrogens (tertiary/aromatic N) is 4. The fourth-order valence-corrected chi connectivity index (χ4v) is 4.60. The average molecular weight is 505 g/mol. The molecule has 0 fully saturated rings. The van der Waals surface area contributed by atoms with E-state index >= 15 is 0 Å².